The van der Waals surface area contributed by atoms with Gasteiger partial charge in [-0.25, -0.2) is 0 Å². The van der Waals surface area contributed by atoms with E-state index in [1.165, 1.54) is 5.56 Å². The Bertz CT molecular complexity index is 568. The Labute approximate surface area is 137 Å². The van der Waals surface area contributed by atoms with Crippen LogP contribution in [0.5, 0.6) is 11.5 Å². The Balaban J connectivity index is 1.52. The minimum absolute atomic E-state index is 0.0720. The van der Waals surface area contributed by atoms with Crippen molar-refractivity contribution in [1.29, 1.82) is 0 Å². The van der Waals surface area contributed by atoms with Gasteiger partial charge in [-0.15, -0.1) is 0 Å². The smallest absolute Gasteiger partial charge is 0.239 e. The van der Waals surface area contributed by atoms with Crippen LogP contribution in [0.3, 0.4) is 0 Å². The van der Waals surface area contributed by atoms with E-state index < -0.39 is 6.04 Å². The summed E-state index contributed by atoms with van der Waals surface area (Å²) < 4.78 is 10.8. The molecule has 2 aliphatic heterocycles. The summed E-state index contributed by atoms with van der Waals surface area (Å²) in [7, 11) is 0. The van der Waals surface area contributed by atoms with E-state index in [2.05, 4.69) is 11.0 Å². The summed E-state index contributed by atoms with van der Waals surface area (Å²) in [6.45, 7) is 8.34. The van der Waals surface area contributed by atoms with E-state index in [1.54, 1.807) is 0 Å². The molecular formula is C17H25N3O3. The van der Waals surface area contributed by atoms with Crippen LogP contribution in [0, 0.1) is 5.92 Å². The SMILES string of the molecule is CC(C)[C@H](N)C(=O)N1CCN(Cc2ccc3c(c2)OCO3)CC1. The fraction of sp³-hybridized carbons (Fsp3) is 0.588. The second-order valence-corrected chi connectivity index (χ2v) is 6.56. The highest BCUT2D eigenvalue weighted by Crippen LogP contribution is 2.32. The molecule has 0 radical (unpaired) electrons. The first-order valence-electron chi connectivity index (χ1n) is 8.20. The second kappa shape index (κ2) is 6.76. The Hall–Kier alpha value is -1.79. The number of rotatable bonds is 4. The van der Waals surface area contributed by atoms with Crippen LogP contribution in [-0.4, -0.2) is 54.7 Å². The molecule has 23 heavy (non-hydrogen) atoms. The highest BCUT2D eigenvalue weighted by Gasteiger charge is 2.27. The Morgan fingerprint density at radius 3 is 2.57 bits per heavy atom. The summed E-state index contributed by atoms with van der Waals surface area (Å²) in [4.78, 5) is 16.5. The molecule has 1 aromatic carbocycles. The molecular weight excluding hydrogens is 294 g/mol. The minimum Gasteiger partial charge on any atom is -0.454 e. The van der Waals surface area contributed by atoms with E-state index in [0.717, 1.165) is 44.2 Å². The molecule has 0 saturated carbocycles. The molecule has 3 rings (SSSR count). The molecule has 6 heteroatoms. The fourth-order valence-electron chi connectivity index (χ4n) is 2.92. The van der Waals surface area contributed by atoms with Crippen molar-refractivity contribution in [3.63, 3.8) is 0 Å². The van der Waals surface area contributed by atoms with Crippen molar-refractivity contribution in [2.24, 2.45) is 11.7 Å². The number of benzene rings is 1. The molecule has 0 unspecified atom stereocenters. The lowest BCUT2D eigenvalue weighted by Crippen LogP contribution is -2.54. The van der Waals surface area contributed by atoms with Gasteiger partial charge in [-0.2, -0.15) is 0 Å². The molecule has 2 N–H and O–H groups in total. The Kier molecular flexibility index (Phi) is 4.73. The predicted octanol–water partition coefficient (Wildman–Crippen LogP) is 1.04. The van der Waals surface area contributed by atoms with Crippen LogP contribution in [0.1, 0.15) is 19.4 Å². The lowest BCUT2D eigenvalue weighted by Gasteiger charge is -2.36. The highest BCUT2D eigenvalue weighted by molar-refractivity contribution is 5.82. The van der Waals surface area contributed by atoms with Gasteiger partial charge in [0.15, 0.2) is 11.5 Å². The third-order valence-corrected chi connectivity index (χ3v) is 4.53. The highest BCUT2D eigenvalue weighted by atomic mass is 16.7. The van der Waals surface area contributed by atoms with Crippen LogP contribution in [0.4, 0.5) is 0 Å². The Morgan fingerprint density at radius 1 is 1.17 bits per heavy atom. The number of hydrogen-bond acceptors (Lipinski definition) is 5. The van der Waals surface area contributed by atoms with Gasteiger partial charge < -0.3 is 20.1 Å². The largest absolute Gasteiger partial charge is 0.454 e. The van der Waals surface area contributed by atoms with Crippen LogP contribution in [0.2, 0.25) is 0 Å². The van der Waals surface area contributed by atoms with Gasteiger partial charge in [0.05, 0.1) is 6.04 Å². The molecule has 1 atom stereocenters. The minimum atomic E-state index is -0.393. The molecule has 1 saturated heterocycles. The molecule has 0 spiro atoms. The lowest BCUT2D eigenvalue weighted by atomic mass is 10.0. The zero-order valence-corrected chi connectivity index (χ0v) is 13.8. The van der Waals surface area contributed by atoms with Gasteiger partial charge in [0.25, 0.3) is 0 Å². The van der Waals surface area contributed by atoms with E-state index >= 15 is 0 Å². The van der Waals surface area contributed by atoms with Crippen LogP contribution in [0.25, 0.3) is 0 Å². The van der Waals surface area contributed by atoms with Gasteiger partial charge in [0.1, 0.15) is 0 Å². The normalized spacial score (nSPS) is 19.2. The maximum Gasteiger partial charge on any atom is 0.239 e. The van der Waals surface area contributed by atoms with Gasteiger partial charge in [-0.3, -0.25) is 9.69 Å². The number of carbonyl (C=O) groups excluding carboxylic acids is 1. The molecule has 2 aliphatic rings. The average Bonchev–Trinajstić information content (AvgIpc) is 3.01. The molecule has 1 amide bonds. The van der Waals surface area contributed by atoms with Crippen molar-refractivity contribution in [2.75, 3.05) is 33.0 Å². The number of fused-ring (bicyclic) bond motifs is 1. The van der Waals surface area contributed by atoms with Crippen molar-refractivity contribution < 1.29 is 14.3 Å². The maximum atomic E-state index is 12.3. The topological polar surface area (TPSA) is 68.0 Å². The molecule has 6 nitrogen and oxygen atoms in total. The molecule has 0 aromatic heterocycles. The standard InChI is InChI=1S/C17H25N3O3/c1-12(2)16(18)17(21)20-7-5-19(6-8-20)10-13-3-4-14-15(9-13)23-11-22-14/h3-4,9,12,16H,5-8,10-11,18H2,1-2H3/t16-/m0/s1. The molecule has 2 heterocycles. The number of ether oxygens (including phenoxy) is 2. The van der Waals surface area contributed by atoms with E-state index in [9.17, 15) is 4.79 Å². The number of nitrogens with two attached hydrogens (primary N) is 1. The molecule has 0 bridgehead atoms. The van der Waals surface area contributed by atoms with Crippen LogP contribution >= 0.6 is 0 Å². The van der Waals surface area contributed by atoms with Gasteiger partial charge in [0.2, 0.25) is 12.7 Å². The quantitative estimate of drug-likeness (QED) is 0.898. The summed E-state index contributed by atoms with van der Waals surface area (Å²) in [6.07, 6.45) is 0. The Morgan fingerprint density at radius 2 is 1.87 bits per heavy atom. The first kappa shape index (κ1) is 16.1. The van der Waals surface area contributed by atoms with E-state index in [-0.39, 0.29) is 11.8 Å². The maximum absolute atomic E-state index is 12.3. The monoisotopic (exact) mass is 319 g/mol. The van der Waals surface area contributed by atoms with Crippen molar-refractivity contribution in [1.82, 2.24) is 9.80 Å². The van der Waals surface area contributed by atoms with Crippen molar-refractivity contribution in [3.05, 3.63) is 23.8 Å². The summed E-state index contributed by atoms with van der Waals surface area (Å²) in [5, 5.41) is 0. The number of carbonyl (C=O) groups is 1. The van der Waals surface area contributed by atoms with E-state index in [4.69, 9.17) is 15.2 Å². The first-order valence-corrected chi connectivity index (χ1v) is 8.20. The van der Waals surface area contributed by atoms with Gasteiger partial charge in [-0.1, -0.05) is 19.9 Å². The lowest BCUT2D eigenvalue weighted by molar-refractivity contribution is -0.135. The zero-order valence-electron chi connectivity index (χ0n) is 13.8. The summed E-state index contributed by atoms with van der Waals surface area (Å²) in [5.74, 6) is 1.88. The van der Waals surface area contributed by atoms with Gasteiger partial charge in [0, 0.05) is 32.7 Å². The third kappa shape index (κ3) is 3.59. The number of nitrogens with zero attached hydrogens (tertiary/aromatic N) is 2. The van der Waals surface area contributed by atoms with Crippen LogP contribution < -0.4 is 15.2 Å². The van der Waals surface area contributed by atoms with Crippen molar-refractivity contribution in [2.45, 2.75) is 26.4 Å². The van der Waals surface area contributed by atoms with E-state index in [0.29, 0.717) is 6.79 Å². The number of amides is 1. The second-order valence-electron chi connectivity index (χ2n) is 6.56. The predicted molar refractivity (Wildman–Crippen MR) is 87.2 cm³/mol. The summed E-state index contributed by atoms with van der Waals surface area (Å²) >= 11 is 0. The fourth-order valence-corrected chi connectivity index (χ4v) is 2.92. The average molecular weight is 319 g/mol. The molecule has 1 aromatic rings. The molecule has 126 valence electrons. The molecule has 0 aliphatic carbocycles. The zero-order chi connectivity index (χ0) is 16.4. The van der Waals surface area contributed by atoms with Crippen molar-refractivity contribution >= 4 is 5.91 Å². The number of piperazine rings is 1. The summed E-state index contributed by atoms with van der Waals surface area (Å²) in [6, 6.07) is 5.67. The first-order chi connectivity index (χ1) is 11.0. The number of hydrogen-bond donors (Lipinski definition) is 1. The van der Waals surface area contributed by atoms with Gasteiger partial charge >= 0.3 is 0 Å². The van der Waals surface area contributed by atoms with Crippen LogP contribution in [0.15, 0.2) is 18.2 Å². The van der Waals surface area contributed by atoms with Gasteiger partial charge in [-0.05, 0) is 23.6 Å². The van der Waals surface area contributed by atoms with Crippen molar-refractivity contribution in [3.8, 4) is 11.5 Å². The van der Waals surface area contributed by atoms with E-state index in [1.807, 2.05) is 30.9 Å². The molecule has 1 fully saturated rings. The van der Waals surface area contributed by atoms with Crippen LogP contribution in [-0.2, 0) is 11.3 Å². The summed E-state index contributed by atoms with van der Waals surface area (Å²) in [5.41, 5.74) is 7.17. The third-order valence-electron chi connectivity index (χ3n) is 4.53.